The molecule has 2 unspecified atom stereocenters. The van der Waals surface area contributed by atoms with Crippen LogP contribution in [-0.2, 0) is 17.8 Å². The summed E-state index contributed by atoms with van der Waals surface area (Å²) in [4.78, 5) is 17.9. The summed E-state index contributed by atoms with van der Waals surface area (Å²) in [5.74, 6) is 0.221. The Morgan fingerprint density at radius 1 is 1.42 bits per heavy atom. The van der Waals surface area contributed by atoms with Crippen LogP contribution in [0.25, 0.3) is 0 Å². The second kappa shape index (κ2) is 5.51. The Labute approximate surface area is 119 Å². The van der Waals surface area contributed by atoms with Crippen molar-refractivity contribution in [1.29, 1.82) is 0 Å². The van der Waals surface area contributed by atoms with Gasteiger partial charge in [-0.25, -0.2) is 4.98 Å². The predicted octanol–water partition coefficient (Wildman–Crippen LogP) is 1.72. The van der Waals surface area contributed by atoms with E-state index in [0.717, 1.165) is 37.4 Å². The first kappa shape index (κ1) is 14.3. The fraction of sp³-hybridized carbons (Fsp3) is 0.692. The summed E-state index contributed by atoms with van der Waals surface area (Å²) in [6, 6.07) is 0.417. The normalized spacial score (nSPS) is 26.8. The first-order valence-electron chi connectivity index (χ1n) is 6.64. The molecule has 0 radical (unpaired) electrons. The van der Waals surface area contributed by atoms with E-state index in [1.807, 2.05) is 6.20 Å². The van der Waals surface area contributed by atoms with Crippen molar-refractivity contribution in [2.24, 2.45) is 5.92 Å². The third kappa shape index (κ3) is 2.49. The summed E-state index contributed by atoms with van der Waals surface area (Å²) in [6.07, 6.45) is 5.61. The monoisotopic (exact) mass is 285 g/mol. The number of rotatable bonds is 2. The number of hydrogen-bond acceptors (Lipinski definition) is 3. The molecule has 3 rings (SSSR count). The fourth-order valence-corrected chi connectivity index (χ4v) is 3.20. The second-order valence-corrected chi connectivity index (χ2v) is 5.43. The third-order valence-corrected chi connectivity index (χ3v) is 4.29. The van der Waals surface area contributed by atoms with Crippen molar-refractivity contribution in [2.45, 2.75) is 38.3 Å². The maximum atomic E-state index is 11.0. The van der Waals surface area contributed by atoms with Crippen molar-refractivity contribution in [2.75, 3.05) is 13.6 Å². The molecule has 1 N–H and O–H groups in total. The van der Waals surface area contributed by atoms with E-state index in [1.54, 1.807) is 0 Å². The minimum absolute atomic E-state index is 0. The number of halogens is 1. The molecule has 3 heterocycles. The van der Waals surface area contributed by atoms with Gasteiger partial charge in [-0.2, -0.15) is 0 Å². The lowest BCUT2D eigenvalue weighted by Gasteiger charge is -2.25. The van der Waals surface area contributed by atoms with Gasteiger partial charge in [-0.05, 0) is 32.9 Å². The highest BCUT2D eigenvalue weighted by Crippen LogP contribution is 2.32. The molecule has 0 saturated carbocycles. The smallest absolute Gasteiger partial charge is 0.306 e. The van der Waals surface area contributed by atoms with Crippen LogP contribution in [0.4, 0.5) is 0 Å². The van der Waals surface area contributed by atoms with E-state index in [2.05, 4.69) is 21.5 Å². The third-order valence-electron chi connectivity index (χ3n) is 4.29. The molecule has 0 bridgehead atoms. The van der Waals surface area contributed by atoms with Gasteiger partial charge in [0, 0.05) is 24.9 Å². The minimum Gasteiger partial charge on any atom is -0.481 e. The van der Waals surface area contributed by atoms with Gasteiger partial charge >= 0.3 is 5.97 Å². The summed E-state index contributed by atoms with van der Waals surface area (Å²) >= 11 is 0. The zero-order valence-electron chi connectivity index (χ0n) is 11.1. The molecule has 1 saturated heterocycles. The Hall–Kier alpha value is -1.07. The molecule has 1 fully saturated rings. The van der Waals surface area contributed by atoms with Crippen LogP contribution >= 0.6 is 12.4 Å². The molecule has 6 heteroatoms. The zero-order valence-corrected chi connectivity index (χ0v) is 11.9. The van der Waals surface area contributed by atoms with Crippen LogP contribution in [-0.4, -0.2) is 39.1 Å². The van der Waals surface area contributed by atoms with Crippen molar-refractivity contribution in [3.8, 4) is 0 Å². The SMILES string of the molecule is CN1CCCC1c1ncc2n1CCC(C(=O)O)C2.Cl. The van der Waals surface area contributed by atoms with Gasteiger partial charge in [0.1, 0.15) is 5.82 Å². The molecule has 2 aliphatic heterocycles. The molecule has 5 nitrogen and oxygen atoms in total. The zero-order chi connectivity index (χ0) is 12.7. The number of carboxylic acid groups (broad SMARTS) is 1. The minimum atomic E-state index is -0.679. The standard InChI is InChI=1S/C13H19N3O2.ClH/c1-15-5-2-3-11(15)12-14-8-10-7-9(13(17)18)4-6-16(10)12;/h8-9,11H,2-7H2,1H3,(H,17,18);1H. The van der Waals surface area contributed by atoms with Gasteiger partial charge in [-0.3, -0.25) is 9.69 Å². The lowest BCUT2D eigenvalue weighted by molar-refractivity contribution is -0.142. The summed E-state index contributed by atoms with van der Waals surface area (Å²) in [7, 11) is 2.14. The van der Waals surface area contributed by atoms with Gasteiger partial charge in [0.25, 0.3) is 0 Å². The predicted molar refractivity (Wildman–Crippen MR) is 73.5 cm³/mol. The Morgan fingerprint density at radius 2 is 2.21 bits per heavy atom. The fourth-order valence-electron chi connectivity index (χ4n) is 3.20. The summed E-state index contributed by atoms with van der Waals surface area (Å²) in [5.41, 5.74) is 1.09. The first-order chi connectivity index (χ1) is 8.66. The Balaban J connectivity index is 0.00000133. The van der Waals surface area contributed by atoms with Crippen molar-refractivity contribution in [1.82, 2.24) is 14.5 Å². The number of carboxylic acids is 1. The van der Waals surface area contributed by atoms with Crippen LogP contribution in [0.5, 0.6) is 0 Å². The molecule has 2 atom stereocenters. The van der Waals surface area contributed by atoms with E-state index in [4.69, 9.17) is 5.11 Å². The Bertz CT molecular complexity index is 474. The largest absolute Gasteiger partial charge is 0.481 e. The molecule has 0 aromatic carbocycles. The van der Waals surface area contributed by atoms with Gasteiger partial charge in [0.05, 0.1) is 12.0 Å². The van der Waals surface area contributed by atoms with Gasteiger partial charge in [0.15, 0.2) is 0 Å². The lowest BCUT2D eigenvalue weighted by Crippen LogP contribution is -2.28. The average Bonchev–Trinajstić information content (AvgIpc) is 2.93. The van der Waals surface area contributed by atoms with Crippen LogP contribution in [0.15, 0.2) is 6.20 Å². The highest BCUT2D eigenvalue weighted by atomic mass is 35.5. The quantitative estimate of drug-likeness (QED) is 0.899. The lowest BCUT2D eigenvalue weighted by atomic mass is 9.96. The van der Waals surface area contributed by atoms with E-state index in [-0.39, 0.29) is 18.3 Å². The Morgan fingerprint density at radius 3 is 2.84 bits per heavy atom. The summed E-state index contributed by atoms with van der Waals surface area (Å²) in [5, 5.41) is 9.09. The number of carbonyl (C=O) groups is 1. The molecule has 2 aliphatic rings. The van der Waals surface area contributed by atoms with E-state index in [9.17, 15) is 4.79 Å². The molecule has 0 amide bonds. The molecular weight excluding hydrogens is 266 g/mol. The van der Waals surface area contributed by atoms with Crippen LogP contribution in [0.2, 0.25) is 0 Å². The van der Waals surface area contributed by atoms with Crippen LogP contribution in [0.1, 0.15) is 36.8 Å². The molecule has 1 aromatic heterocycles. The van der Waals surface area contributed by atoms with E-state index >= 15 is 0 Å². The van der Waals surface area contributed by atoms with E-state index in [1.165, 1.54) is 6.42 Å². The maximum absolute atomic E-state index is 11.0. The molecule has 0 spiro atoms. The molecule has 1 aromatic rings. The number of hydrogen-bond donors (Lipinski definition) is 1. The average molecular weight is 286 g/mol. The van der Waals surface area contributed by atoms with Gasteiger partial charge in [0.2, 0.25) is 0 Å². The molecular formula is C13H20ClN3O2. The number of fused-ring (bicyclic) bond motifs is 1. The van der Waals surface area contributed by atoms with Gasteiger partial charge < -0.3 is 9.67 Å². The molecule has 19 heavy (non-hydrogen) atoms. The number of imidazole rings is 1. The molecule has 106 valence electrons. The van der Waals surface area contributed by atoms with Crippen molar-refractivity contribution in [3.05, 3.63) is 17.7 Å². The highest BCUT2D eigenvalue weighted by molar-refractivity contribution is 5.85. The number of aromatic nitrogens is 2. The highest BCUT2D eigenvalue weighted by Gasteiger charge is 2.31. The summed E-state index contributed by atoms with van der Waals surface area (Å²) < 4.78 is 2.24. The van der Waals surface area contributed by atoms with E-state index in [0.29, 0.717) is 12.5 Å². The van der Waals surface area contributed by atoms with Crippen molar-refractivity contribution < 1.29 is 9.90 Å². The number of nitrogens with zero attached hydrogens (tertiary/aromatic N) is 3. The first-order valence-corrected chi connectivity index (χ1v) is 6.64. The van der Waals surface area contributed by atoms with Gasteiger partial charge in [-0.15, -0.1) is 12.4 Å². The van der Waals surface area contributed by atoms with Gasteiger partial charge in [-0.1, -0.05) is 0 Å². The van der Waals surface area contributed by atoms with Crippen LogP contribution in [0.3, 0.4) is 0 Å². The maximum Gasteiger partial charge on any atom is 0.306 e. The van der Waals surface area contributed by atoms with E-state index < -0.39 is 5.97 Å². The summed E-state index contributed by atoms with van der Waals surface area (Å²) in [6.45, 7) is 1.93. The number of likely N-dealkylation sites (tertiary alicyclic amines) is 1. The second-order valence-electron chi connectivity index (χ2n) is 5.43. The van der Waals surface area contributed by atoms with Crippen LogP contribution in [0, 0.1) is 5.92 Å². The van der Waals surface area contributed by atoms with Crippen molar-refractivity contribution >= 4 is 18.4 Å². The van der Waals surface area contributed by atoms with Crippen molar-refractivity contribution in [3.63, 3.8) is 0 Å². The Kier molecular flexibility index (Phi) is 4.16. The van der Waals surface area contributed by atoms with Crippen LogP contribution < -0.4 is 0 Å². The topological polar surface area (TPSA) is 58.4 Å². The number of aliphatic carboxylic acids is 1. The molecule has 0 aliphatic carbocycles.